The molecule has 0 amide bonds. The maximum absolute atomic E-state index is 11.1. The highest BCUT2D eigenvalue weighted by Crippen LogP contribution is 2.46. The van der Waals surface area contributed by atoms with Gasteiger partial charge in [-0.15, -0.1) is 0 Å². The van der Waals surface area contributed by atoms with Crippen LogP contribution in [0.3, 0.4) is 0 Å². The lowest BCUT2D eigenvalue weighted by Gasteiger charge is -2.18. The van der Waals surface area contributed by atoms with Gasteiger partial charge in [0.1, 0.15) is 36.2 Å². The largest absolute Gasteiger partial charge is 0.507 e. The van der Waals surface area contributed by atoms with E-state index in [2.05, 4.69) is 53.8 Å². The molecule has 0 aliphatic heterocycles. The van der Waals surface area contributed by atoms with E-state index in [1.54, 1.807) is 12.1 Å². The van der Waals surface area contributed by atoms with Gasteiger partial charge in [0.15, 0.2) is 0 Å². The van der Waals surface area contributed by atoms with Crippen molar-refractivity contribution >= 4 is 43.1 Å². The lowest BCUT2D eigenvalue weighted by atomic mass is 9.92. The lowest BCUT2D eigenvalue weighted by Crippen LogP contribution is -2.26. The van der Waals surface area contributed by atoms with Gasteiger partial charge in [-0.2, -0.15) is 0 Å². The Morgan fingerprint density at radius 2 is 0.694 bits per heavy atom. The van der Waals surface area contributed by atoms with Crippen LogP contribution in [0.15, 0.2) is 146 Å². The fourth-order valence-corrected chi connectivity index (χ4v) is 6.90. The van der Waals surface area contributed by atoms with Crippen molar-refractivity contribution in [2.75, 3.05) is 26.3 Å². The zero-order valence-corrected chi connectivity index (χ0v) is 26.9. The van der Waals surface area contributed by atoms with Crippen LogP contribution in [-0.4, -0.2) is 36.5 Å². The molecule has 0 saturated heterocycles. The van der Waals surface area contributed by atoms with Crippen LogP contribution in [0.5, 0.6) is 23.0 Å². The Morgan fingerprint density at radius 1 is 0.367 bits per heavy atom. The quantitative estimate of drug-likeness (QED) is 0.130. The molecule has 0 saturated carbocycles. The highest BCUT2D eigenvalue weighted by molar-refractivity contribution is 6.11. The number of nitrogens with one attached hydrogen (secondary N) is 1. The molecule has 0 spiro atoms. The van der Waals surface area contributed by atoms with Crippen LogP contribution in [0.1, 0.15) is 0 Å². The summed E-state index contributed by atoms with van der Waals surface area (Å²) in [5.74, 6) is 1.89. The molecule has 8 aromatic carbocycles. The molecular formula is C44H35NO4. The summed E-state index contributed by atoms with van der Waals surface area (Å²) in [7, 11) is 0. The summed E-state index contributed by atoms with van der Waals surface area (Å²) in [5, 5.41) is 34.0. The van der Waals surface area contributed by atoms with Gasteiger partial charge in [0.25, 0.3) is 0 Å². The van der Waals surface area contributed by atoms with Crippen LogP contribution in [0.2, 0.25) is 0 Å². The van der Waals surface area contributed by atoms with Crippen molar-refractivity contribution in [2.45, 2.75) is 0 Å². The van der Waals surface area contributed by atoms with Gasteiger partial charge in [0, 0.05) is 35.3 Å². The molecule has 0 atom stereocenters. The molecule has 5 nitrogen and oxygen atoms in total. The third-order valence-electron chi connectivity index (χ3n) is 9.17. The maximum atomic E-state index is 11.1. The van der Waals surface area contributed by atoms with E-state index >= 15 is 0 Å². The Labute approximate surface area is 284 Å². The normalized spacial score (nSPS) is 11.4. The van der Waals surface area contributed by atoms with Crippen LogP contribution in [-0.2, 0) is 0 Å². The number of rotatable bonds is 10. The molecule has 8 aromatic rings. The van der Waals surface area contributed by atoms with E-state index in [1.165, 1.54) is 0 Å². The molecular weight excluding hydrogens is 606 g/mol. The zero-order chi connectivity index (χ0) is 33.2. The number of phenols is 2. The molecule has 0 unspecified atom stereocenters. The summed E-state index contributed by atoms with van der Waals surface area (Å²) in [4.78, 5) is 0. The standard InChI is InChI=1S/C44H35NO4/c46-37-21-17-29-9-1-5-13-33(29)41(37)43-35-15-7-3-11-31(35)19-23-39(43)48-27-25-45-26-28-49-40-24-20-32-12-4-8-16-36(32)44(40)42-34-14-6-2-10-30(34)18-22-38(42)47/h1-24,45-47H,25-28H2. The van der Waals surface area contributed by atoms with Gasteiger partial charge in [-0.05, 0) is 67.4 Å². The van der Waals surface area contributed by atoms with Crippen molar-refractivity contribution in [3.05, 3.63) is 146 Å². The molecule has 0 aliphatic rings. The van der Waals surface area contributed by atoms with Crippen molar-refractivity contribution in [1.29, 1.82) is 0 Å². The van der Waals surface area contributed by atoms with Gasteiger partial charge >= 0.3 is 0 Å². The molecule has 0 aliphatic carbocycles. The number of hydrogen-bond donors (Lipinski definition) is 3. The van der Waals surface area contributed by atoms with Crippen LogP contribution < -0.4 is 14.8 Å². The minimum Gasteiger partial charge on any atom is -0.507 e. The third-order valence-corrected chi connectivity index (χ3v) is 9.17. The van der Waals surface area contributed by atoms with Gasteiger partial charge in [0.2, 0.25) is 0 Å². The second-order valence-electron chi connectivity index (χ2n) is 12.1. The molecule has 8 rings (SSSR count). The lowest BCUT2D eigenvalue weighted by molar-refractivity contribution is 0.290. The summed E-state index contributed by atoms with van der Waals surface area (Å²) in [6, 6.07) is 48.1. The fourth-order valence-electron chi connectivity index (χ4n) is 6.90. The molecule has 0 fully saturated rings. The maximum Gasteiger partial charge on any atom is 0.127 e. The van der Waals surface area contributed by atoms with Crippen LogP contribution in [0.25, 0.3) is 65.3 Å². The number of phenolic OH excluding ortho intramolecular Hbond substituents is 2. The molecule has 3 N–H and O–H groups in total. The molecule has 0 radical (unpaired) electrons. The van der Waals surface area contributed by atoms with Gasteiger partial charge in [0.05, 0.1) is 0 Å². The summed E-state index contributed by atoms with van der Waals surface area (Å²) in [5.41, 5.74) is 3.32. The number of ether oxygens (including phenoxy) is 2. The van der Waals surface area contributed by atoms with Crippen molar-refractivity contribution < 1.29 is 19.7 Å². The van der Waals surface area contributed by atoms with Gasteiger partial charge in [-0.25, -0.2) is 0 Å². The van der Waals surface area contributed by atoms with E-state index in [0.717, 1.165) is 76.8 Å². The fraction of sp³-hybridized carbons (Fsp3) is 0.0909. The zero-order valence-electron chi connectivity index (χ0n) is 26.9. The van der Waals surface area contributed by atoms with E-state index in [4.69, 9.17) is 9.47 Å². The Morgan fingerprint density at radius 3 is 1.08 bits per heavy atom. The Bertz CT molecular complexity index is 2300. The average Bonchev–Trinajstić information content (AvgIpc) is 3.14. The predicted octanol–water partition coefficient (Wildman–Crippen LogP) is 10.1. The molecule has 0 aromatic heterocycles. The summed E-state index contributed by atoms with van der Waals surface area (Å²) >= 11 is 0. The topological polar surface area (TPSA) is 71.0 Å². The minimum atomic E-state index is 0.222. The van der Waals surface area contributed by atoms with Crippen molar-refractivity contribution in [3.8, 4) is 45.3 Å². The summed E-state index contributed by atoms with van der Waals surface area (Å²) in [6.45, 7) is 2.07. The molecule has 5 heteroatoms. The summed E-state index contributed by atoms with van der Waals surface area (Å²) in [6.07, 6.45) is 0. The number of fused-ring (bicyclic) bond motifs is 4. The van der Waals surface area contributed by atoms with Crippen LogP contribution in [0, 0.1) is 0 Å². The first-order valence-corrected chi connectivity index (χ1v) is 16.6. The highest BCUT2D eigenvalue weighted by atomic mass is 16.5. The first-order chi connectivity index (χ1) is 24.2. The number of benzene rings is 8. The Balaban J connectivity index is 0.997. The molecule has 49 heavy (non-hydrogen) atoms. The first-order valence-electron chi connectivity index (χ1n) is 16.6. The Kier molecular flexibility index (Phi) is 8.18. The minimum absolute atomic E-state index is 0.222. The molecule has 0 heterocycles. The van der Waals surface area contributed by atoms with Gasteiger partial charge in [-0.3, -0.25) is 0 Å². The molecule has 0 bridgehead atoms. The SMILES string of the molecule is Oc1ccc2ccccc2c1-c1c(OCCNCCOc2ccc3ccccc3c2-c2c(O)ccc3ccccc23)ccc2ccccc12. The van der Waals surface area contributed by atoms with E-state index in [-0.39, 0.29) is 11.5 Å². The highest BCUT2D eigenvalue weighted by Gasteiger charge is 2.19. The van der Waals surface area contributed by atoms with E-state index in [1.807, 2.05) is 84.9 Å². The van der Waals surface area contributed by atoms with E-state index in [0.29, 0.717) is 26.3 Å². The summed E-state index contributed by atoms with van der Waals surface area (Å²) < 4.78 is 12.8. The number of aromatic hydroxyl groups is 2. The Hall–Kier alpha value is -6.04. The smallest absolute Gasteiger partial charge is 0.127 e. The average molecular weight is 642 g/mol. The van der Waals surface area contributed by atoms with Gasteiger partial charge < -0.3 is 25.0 Å². The van der Waals surface area contributed by atoms with Crippen molar-refractivity contribution in [1.82, 2.24) is 5.32 Å². The predicted molar refractivity (Wildman–Crippen MR) is 201 cm³/mol. The van der Waals surface area contributed by atoms with E-state index < -0.39 is 0 Å². The van der Waals surface area contributed by atoms with Crippen LogP contribution >= 0.6 is 0 Å². The van der Waals surface area contributed by atoms with Crippen LogP contribution in [0.4, 0.5) is 0 Å². The molecule has 240 valence electrons. The third kappa shape index (κ3) is 5.75. The second-order valence-corrected chi connectivity index (χ2v) is 12.1. The van der Waals surface area contributed by atoms with Crippen molar-refractivity contribution in [2.24, 2.45) is 0 Å². The monoisotopic (exact) mass is 641 g/mol. The number of hydrogen-bond acceptors (Lipinski definition) is 5. The van der Waals surface area contributed by atoms with Gasteiger partial charge in [-0.1, -0.05) is 121 Å². The second kappa shape index (κ2) is 13.2. The van der Waals surface area contributed by atoms with E-state index in [9.17, 15) is 10.2 Å². The first kappa shape index (κ1) is 30.3. The van der Waals surface area contributed by atoms with Crippen molar-refractivity contribution in [3.63, 3.8) is 0 Å².